The third-order valence-electron chi connectivity index (χ3n) is 9.70. The molecule has 4 bridgehead atoms. The molecule has 164 valence electrons. The Morgan fingerprint density at radius 1 is 0.967 bits per heavy atom. The van der Waals surface area contributed by atoms with Crippen LogP contribution in [0.25, 0.3) is 0 Å². The quantitative estimate of drug-likeness (QED) is 0.703. The molecule has 5 fully saturated rings. The number of rotatable bonds is 4. The average molecular weight is 410 g/mol. The van der Waals surface area contributed by atoms with E-state index in [0.717, 1.165) is 36.3 Å². The highest BCUT2D eigenvalue weighted by Gasteiger charge is 2.53. The van der Waals surface area contributed by atoms with Gasteiger partial charge in [0.15, 0.2) is 5.69 Å². The fourth-order valence-electron chi connectivity index (χ4n) is 8.56. The number of hydrogen-bond acceptors (Lipinski definition) is 2. The zero-order valence-corrected chi connectivity index (χ0v) is 18.8. The Morgan fingerprint density at radius 3 is 2.27 bits per heavy atom. The molecule has 0 saturated heterocycles. The average Bonchev–Trinajstić information content (AvgIpc) is 3.13. The van der Waals surface area contributed by atoms with E-state index in [-0.39, 0.29) is 11.9 Å². The van der Waals surface area contributed by atoms with Crippen LogP contribution >= 0.6 is 0 Å². The summed E-state index contributed by atoms with van der Waals surface area (Å²) >= 11 is 0. The van der Waals surface area contributed by atoms with Gasteiger partial charge in [-0.3, -0.25) is 9.48 Å². The minimum atomic E-state index is 0.117. The lowest BCUT2D eigenvalue weighted by molar-refractivity contribution is -0.0688. The standard InChI is InChI=1S/C26H39N3O/c1-17(26-14-18-11-19(15-26)13-20(12-18)16-26)27-25(30)24-22-9-5-6-10-23(22)29(28-24)21-7-3-2-4-8-21/h17-21H,2-16H2,1H3,(H,27,30)/t17-,18?,19?,20?,26?/m1/s1. The molecule has 4 nitrogen and oxygen atoms in total. The minimum absolute atomic E-state index is 0.117. The third kappa shape index (κ3) is 3.15. The lowest BCUT2D eigenvalue weighted by Crippen LogP contribution is -2.55. The van der Waals surface area contributed by atoms with Crippen molar-refractivity contribution in [2.75, 3.05) is 0 Å². The van der Waals surface area contributed by atoms with Crippen molar-refractivity contribution in [3.8, 4) is 0 Å². The third-order valence-corrected chi connectivity index (χ3v) is 9.70. The molecule has 0 radical (unpaired) electrons. The highest BCUT2D eigenvalue weighted by Crippen LogP contribution is 2.61. The summed E-state index contributed by atoms with van der Waals surface area (Å²) in [5, 5.41) is 8.52. The second-order valence-electron chi connectivity index (χ2n) is 11.7. The molecule has 30 heavy (non-hydrogen) atoms. The molecule has 6 aliphatic carbocycles. The first-order chi connectivity index (χ1) is 14.6. The van der Waals surface area contributed by atoms with Crippen LogP contribution < -0.4 is 5.32 Å². The molecule has 0 aliphatic heterocycles. The van der Waals surface area contributed by atoms with Crippen molar-refractivity contribution in [1.29, 1.82) is 0 Å². The van der Waals surface area contributed by atoms with Crippen LogP contribution in [0.15, 0.2) is 0 Å². The molecule has 0 unspecified atom stereocenters. The number of nitrogens with zero attached hydrogens (tertiary/aromatic N) is 2. The molecule has 4 heteroatoms. The number of aromatic nitrogens is 2. The zero-order valence-electron chi connectivity index (χ0n) is 18.8. The lowest BCUT2D eigenvalue weighted by Gasteiger charge is -2.59. The van der Waals surface area contributed by atoms with Crippen molar-refractivity contribution in [2.45, 2.75) is 115 Å². The lowest BCUT2D eigenvalue weighted by atomic mass is 9.48. The van der Waals surface area contributed by atoms with Crippen LogP contribution in [-0.2, 0) is 12.8 Å². The summed E-state index contributed by atoms with van der Waals surface area (Å²) < 4.78 is 2.30. The first-order valence-electron chi connectivity index (χ1n) is 13.0. The van der Waals surface area contributed by atoms with Gasteiger partial charge in [-0.2, -0.15) is 5.10 Å². The Balaban J connectivity index is 1.24. The van der Waals surface area contributed by atoms with Crippen molar-refractivity contribution in [1.82, 2.24) is 15.1 Å². The SMILES string of the molecule is C[C@@H](NC(=O)c1nn(C2CCCCC2)c2c1CCCC2)C12CC3CC(CC(C3)C1)C2. The molecule has 1 aromatic rings. The van der Waals surface area contributed by atoms with Gasteiger partial charge in [-0.05, 0) is 107 Å². The van der Waals surface area contributed by atoms with Gasteiger partial charge in [0.05, 0.1) is 6.04 Å². The molecule has 1 heterocycles. The maximum atomic E-state index is 13.5. The van der Waals surface area contributed by atoms with Crippen LogP contribution in [0.5, 0.6) is 0 Å². The Morgan fingerprint density at radius 2 is 1.60 bits per heavy atom. The molecule has 6 aliphatic rings. The molecule has 5 saturated carbocycles. The van der Waals surface area contributed by atoms with Gasteiger partial charge < -0.3 is 5.32 Å². The number of amides is 1. The molecule has 1 atom stereocenters. The molecule has 0 aromatic carbocycles. The van der Waals surface area contributed by atoms with Crippen molar-refractivity contribution in [3.63, 3.8) is 0 Å². The molecular formula is C26H39N3O. The molecule has 0 spiro atoms. The number of carbonyl (C=O) groups excluding carboxylic acids is 1. The first-order valence-corrected chi connectivity index (χ1v) is 13.0. The summed E-state index contributed by atoms with van der Waals surface area (Å²) in [6.07, 6.45) is 19.4. The van der Waals surface area contributed by atoms with E-state index >= 15 is 0 Å². The normalized spacial score (nSPS) is 36.5. The Bertz CT molecular complexity index is 783. The van der Waals surface area contributed by atoms with Crippen LogP contribution in [0.4, 0.5) is 0 Å². The summed E-state index contributed by atoms with van der Waals surface area (Å²) in [7, 11) is 0. The van der Waals surface area contributed by atoms with Crippen molar-refractivity contribution in [3.05, 3.63) is 17.0 Å². The molecule has 1 aromatic heterocycles. The predicted octanol–water partition coefficient (Wildman–Crippen LogP) is 5.60. The highest BCUT2D eigenvalue weighted by atomic mass is 16.2. The van der Waals surface area contributed by atoms with Gasteiger partial charge in [-0.25, -0.2) is 0 Å². The smallest absolute Gasteiger partial charge is 0.272 e. The number of fused-ring (bicyclic) bond motifs is 1. The van der Waals surface area contributed by atoms with E-state index in [1.807, 2.05) is 0 Å². The Kier molecular flexibility index (Phi) is 4.76. The largest absolute Gasteiger partial charge is 0.348 e. The van der Waals surface area contributed by atoms with Crippen LogP contribution in [-0.4, -0.2) is 21.7 Å². The molecule has 1 N–H and O–H groups in total. The van der Waals surface area contributed by atoms with E-state index in [9.17, 15) is 4.79 Å². The van der Waals surface area contributed by atoms with Gasteiger partial charge in [0.1, 0.15) is 0 Å². The van der Waals surface area contributed by atoms with Gasteiger partial charge in [-0.1, -0.05) is 19.3 Å². The maximum absolute atomic E-state index is 13.5. The van der Waals surface area contributed by atoms with Crippen LogP contribution in [0, 0.1) is 23.2 Å². The molecular weight excluding hydrogens is 370 g/mol. The van der Waals surface area contributed by atoms with Gasteiger partial charge >= 0.3 is 0 Å². The van der Waals surface area contributed by atoms with Crippen molar-refractivity contribution >= 4 is 5.91 Å². The van der Waals surface area contributed by atoms with Crippen LogP contribution in [0.3, 0.4) is 0 Å². The maximum Gasteiger partial charge on any atom is 0.272 e. The van der Waals surface area contributed by atoms with E-state index in [2.05, 4.69) is 16.9 Å². The summed E-state index contributed by atoms with van der Waals surface area (Å²) in [4.78, 5) is 13.5. The first kappa shape index (κ1) is 19.4. The fourth-order valence-corrected chi connectivity index (χ4v) is 8.56. The van der Waals surface area contributed by atoms with Gasteiger partial charge in [0.25, 0.3) is 5.91 Å². The second-order valence-corrected chi connectivity index (χ2v) is 11.7. The van der Waals surface area contributed by atoms with E-state index < -0.39 is 0 Å². The minimum Gasteiger partial charge on any atom is -0.348 e. The van der Waals surface area contributed by atoms with Crippen molar-refractivity contribution in [2.24, 2.45) is 23.2 Å². The monoisotopic (exact) mass is 409 g/mol. The number of carbonyl (C=O) groups is 1. The summed E-state index contributed by atoms with van der Waals surface area (Å²) in [5.74, 6) is 2.89. The van der Waals surface area contributed by atoms with Gasteiger partial charge in [0, 0.05) is 17.3 Å². The fraction of sp³-hybridized carbons (Fsp3) is 0.846. The van der Waals surface area contributed by atoms with E-state index in [1.54, 1.807) is 0 Å². The number of nitrogens with one attached hydrogen (secondary N) is 1. The van der Waals surface area contributed by atoms with Crippen molar-refractivity contribution < 1.29 is 4.79 Å². The zero-order chi connectivity index (χ0) is 20.3. The van der Waals surface area contributed by atoms with E-state index in [1.165, 1.54) is 94.7 Å². The second kappa shape index (κ2) is 7.38. The summed E-state index contributed by atoms with van der Waals surface area (Å²) in [5.41, 5.74) is 3.80. The molecule has 1 amide bonds. The summed E-state index contributed by atoms with van der Waals surface area (Å²) in [6.45, 7) is 2.30. The summed E-state index contributed by atoms with van der Waals surface area (Å²) in [6, 6.07) is 0.796. The molecule has 7 rings (SSSR count). The van der Waals surface area contributed by atoms with Crippen LogP contribution in [0.1, 0.15) is 118 Å². The van der Waals surface area contributed by atoms with Gasteiger partial charge in [-0.15, -0.1) is 0 Å². The Hall–Kier alpha value is -1.32. The van der Waals surface area contributed by atoms with Gasteiger partial charge in [0.2, 0.25) is 0 Å². The number of hydrogen-bond donors (Lipinski definition) is 1. The predicted molar refractivity (Wildman–Crippen MR) is 119 cm³/mol. The van der Waals surface area contributed by atoms with E-state index in [0.29, 0.717) is 11.5 Å². The van der Waals surface area contributed by atoms with Crippen LogP contribution in [0.2, 0.25) is 0 Å². The topological polar surface area (TPSA) is 46.9 Å². The highest BCUT2D eigenvalue weighted by molar-refractivity contribution is 5.94. The van der Waals surface area contributed by atoms with E-state index in [4.69, 9.17) is 5.10 Å². The Labute approximate surface area is 181 Å².